The second kappa shape index (κ2) is 7.09. The summed E-state index contributed by atoms with van der Waals surface area (Å²) in [5.74, 6) is 0.481. The van der Waals surface area contributed by atoms with Gasteiger partial charge >= 0.3 is 0 Å². The van der Waals surface area contributed by atoms with Crippen LogP contribution in [0.4, 0.5) is 0 Å². The van der Waals surface area contributed by atoms with Gasteiger partial charge in [0.15, 0.2) is 0 Å². The largest absolute Gasteiger partial charge is 0.473 e. The Labute approximate surface area is 148 Å². The van der Waals surface area contributed by atoms with Crippen LogP contribution < -0.4 is 4.74 Å². The van der Waals surface area contributed by atoms with Crippen LogP contribution in [0.2, 0.25) is 0 Å². The molecule has 0 atom stereocenters. The number of aromatic nitrogens is 2. The Bertz CT molecular complexity index is 822. The summed E-state index contributed by atoms with van der Waals surface area (Å²) in [6.07, 6.45) is 5.98. The number of hydrogen-bond donors (Lipinski definition) is 0. The van der Waals surface area contributed by atoms with Crippen molar-refractivity contribution in [3.05, 3.63) is 47.4 Å². The molecule has 25 heavy (non-hydrogen) atoms. The molecule has 1 aromatic heterocycles. The maximum Gasteiger partial charge on any atom is 0.243 e. The van der Waals surface area contributed by atoms with Crippen LogP contribution in [0.25, 0.3) is 0 Å². The summed E-state index contributed by atoms with van der Waals surface area (Å²) in [6.45, 7) is 6.58. The summed E-state index contributed by atoms with van der Waals surface area (Å²) >= 11 is 0. The SMILES string of the molecule is Cc1cc(C)c(S(=O)(=O)N2CCC(Oc3cnccn3)CC2)c(C)c1. The molecule has 1 aliphatic rings. The number of benzene rings is 1. The van der Waals surface area contributed by atoms with Gasteiger partial charge in [0, 0.05) is 25.5 Å². The lowest BCUT2D eigenvalue weighted by molar-refractivity contribution is 0.129. The average Bonchev–Trinajstić information content (AvgIpc) is 2.55. The number of sulfonamides is 1. The number of hydrogen-bond acceptors (Lipinski definition) is 5. The molecule has 0 saturated carbocycles. The van der Waals surface area contributed by atoms with Crippen LogP contribution in [0.15, 0.2) is 35.6 Å². The van der Waals surface area contributed by atoms with Gasteiger partial charge < -0.3 is 4.74 Å². The van der Waals surface area contributed by atoms with Crippen LogP contribution >= 0.6 is 0 Å². The molecule has 1 aliphatic heterocycles. The Hall–Kier alpha value is -1.99. The number of nitrogens with zero attached hydrogens (tertiary/aromatic N) is 3. The normalized spacial score (nSPS) is 16.8. The fourth-order valence-electron chi connectivity index (χ4n) is 3.41. The highest BCUT2D eigenvalue weighted by Crippen LogP contribution is 2.28. The first-order chi connectivity index (χ1) is 11.9. The first kappa shape index (κ1) is 17.8. The summed E-state index contributed by atoms with van der Waals surface area (Å²) in [4.78, 5) is 8.52. The standard InChI is InChI=1S/C18H23N3O3S/c1-13-10-14(2)18(15(3)11-13)25(22,23)21-8-4-16(5-9-21)24-17-12-19-6-7-20-17/h6-7,10-12,16H,4-5,8-9H2,1-3H3. The number of rotatable bonds is 4. The molecule has 0 N–H and O–H groups in total. The third kappa shape index (κ3) is 3.82. The van der Waals surface area contributed by atoms with E-state index in [-0.39, 0.29) is 6.10 Å². The van der Waals surface area contributed by atoms with Crippen molar-refractivity contribution >= 4 is 10.0 Å². The highest BCUT2D eigenvalue weighted by atomic mass is 32.2. The number of aryl methyl sites for hydroxylation is 3. The van der Waals surface area contributed by atoms with E-state index < -0.39 is 10.0 Å². The second-order valence-corrected chi connectivity index (χ2v) is 8.37. The van der Waals surface area contributed by atoms with Crippen molar-refractivity contribution in [2.75, 3.05) is 13.1 Å². The van der Waals surface area contributed by atoms with Crippen molar-refractivity contribution in [2.45, 2.75) is 44.6 Å². The van der Waals surface area contributed by atoms with Gasteiger partial charge in [-0.05, 0) is 44.7 Å². The maximum absolute atomic E-state index is 13.1. The second-order valence-electron chi connectivity index (χ2n) is 6.49. The van der Waals surface area contributed by atoms with Crippen molar-refractivity contribution < 1.29 is 13.2 Å². The highest BCUT2D eigenvalue weighted by Gasteiger charge is 2.32. The Balaban J connectivity index is 1.72. The minimum absolute atomic E-state index is 0.0386. The molecule has 2 aromatic rings. The van der Waals surface area contributed by atoms with Crippen molar-refractivity contribution in [3.63, 3.8) is 0 Å². The minimum Gasteiger partial charge on any atom is -0.473 e. The molecule has 1 saturated heterocycles. The number of ether oxygens (including phenoxy) is 1. The van der Waals surface area contributed by atoms with Crippen molar-refractivity contribution in [1.82, 2.24) is 14.3 Å². The van der Waals surface area contributed by atoms with Crippen molar-refractivity contribution in [2.24, 2.45) is 0 Å². The van der Waals surface area contributed by atoms with Gasteiger partial charge in [-0.25, -0.2) is 13.4 Å². The molecule has 1 fully saturated rings. The summed E-state index contributed by atoms with van der Waals surface area (Å²) in [5, 5.41) is 0. The molecule has 7 heteroatoms. The Morgan fingerprint density at radius 2 is 1.72 bits per heavy atom. The van der Waals surface area contributed by atoms with Crippen molar-refractivity contribution in [3.8, 4) is 5.88 Å². The lowest BCUT2D eigenvalue weighted by atomic mass is 10.1. The highest BCUT2D eigenvalue weighted by molar-refractivity contribution is 7.89. The van der Waals surface area contributed by atoms with E-state index in [1.54, 1.807) is 22.9 Å². The topological polar surface area (TPSA) is 72.4 Å². The van der Waals surface area contributed by atoms with Crippen LogP contribution in [0.1, 0.15) is 29.5 Å². The van der Waals surface area contributed by atoms with Gasteiger partial charge in [0.25, 0.3) is 0 Å². The van der Waals surface area contributed by atoms with E-state index in [9.17, 15) is 8.42 Å². The quantitative estimate of drug-likeness (QED) is 0.837. The van der Waals surface area contributed by atoms with E-state index in [4.69, 9.17) is 4.74 Å². The molecule has 0 aliphatic carbocycles. The lowest BCUT2D eigenvalue weighted by Crippen LogP contribution is -2.42. The van der Waals surface area contributed by atoms with E-state index in [1.807, 2.05) is 32.9 Å². The van der Waals surface area contributed by atoms with E-state index in [0.717, 1.165) is 16.7 Å². The third-order valence-corrected chi connectivity index (χ3v) is 6.64. The van der Waals surface area contributed by atoms with E-state index in [1.165, 1.54) is 0 Å². The molecule has 6 nitrogen and oxygen atoms in total. The zero-order valence-electron chi connectivity index (χ0n) is 14.8. The molecule has 3 rings (SSSR count). The fraction of sp³-hybridized carbons (Fsp3) is 0.444. The predicted molar refractivity (Wildman–Crippen MR) is 95.1 cm³/mol. The van der Waals surface area contributed by atoms with Crippen LogP contribution in [-0.4, -0.2) is 41.9 Å². The van der Waals surface area contributed by atoms with Gasteiger partial charge in [0.05, 0.1) is 11.1 Å². The lowest BCUT2D eigenvalue weighted by Gasteiger charge is -2.31. The molecule has 0 bridgehead atoms. The number of piperidine rings is 1. The van der Waals surface area contributed by atoms with Gasteiger partial charge in [-0.15, -0.1) is 0 Å². The van der Waals surface area contributed by atoms with Crippen molar-refractivity contribution in [1.29, 1.82) is 0 Å². The maximum atomic E-state index is 13.1. The van der Waals surface area contributed by atoms with Gasteiger partial charge in [0.1, 0.15) is 6.10 Å². The third-order valence-electron chi connectivity index (χ3n) is 4.43. The molecular weight excluding hydrogens is 338 g/mol. The monoisotopic (exact) mass is 361 g/mol. The van der Waals surface area contributed by atoms with E-state index in [0.29, 0.717) is 36.7 Å². The van der Waals surface area contributed by atoms with Gasteiger partial charge in [-0.1, -0.05) is 17.7 Å². The fourth-order valence-corrected chi connectivity index (χ4v) is 5.29. The molecule has 0 unspecified atom stereocenters. The summed E-state index contributed by atoms with van der Waals surface area (Å²) < 4.78 is 33.5. The Morgan fingerprint density at radius 3 is 2.28 bits per heavy atom. The summed E-state index contributed by atoms with van der Waals surface area (Å²) in [7, 11) is -3.49. The molecular formula is C18H23N3O3S. The van der Waals surface area contributed by atoms with Crippen LogP contribution in [-0.2, 0) is 10.0 Å². The van der Waals surface area contributed by atoms with Crippen LogP contribution in [0, 0.1) is 20.8 Å². The molecule has 134 valence electrons. The average molecular weight is 361 g/mol. The van der Waals surface area contributed by atoms with Crippen LogP contribution in [0.3, 0.4) is 0 Å². The van der Waals surface area contributed by atoms with E-state index in [2.05, 4.69) is 9.97 Å². The summed E-state index contributed by atoms with van der Waals surface area (Å²) in [5.41, 5.74) is 2.68. The van der Waals surface area contributed by atoms with Gasteiger partial charge in [-0.2, -0.15) is 4.31 Å². The minimum atomic E-state index is -3.49. The molecule has 1 aromatic carbocycles. The first-order valence-corrected chi connectivity index (χ1v) is 9.82. The van der Waals surface area contributed by atoms with Gasteiger partial charge in [-0.3, -0.25) is 4.98 Å². The Morgan fingerprint density at radius 1 is 1.08 bits per heavy atom. The zero-order valence-corrected chi connectivity index (χ0v) is 15.6. The molecule has 0 radical (unpaired) electrons. The smallest absolute Gasteiger partial charge is 0.243 e. The first-order valence-electron chi connectivity index (χ1n) is 8.38. The Kier molecular flexibility index (Phi) is 5.06. The molecule has 2 heterocycles. The molecule has 0 spiro atoms. The summed E-state index contributed by atoms with van der Waals surface area (Å²) in [6, 6.07) is 3.84. The van der Waals surface area contributed by atoms with Crippen LogP contribution in [0.5, 0.6) is 5.88 Å². The van der Waals surface area contributed by atoms with Gasteiger partial charge in [0.2, 0.25) is 15.9 Å². The molecule has 0 amide bonds. The zero-order chi connectivity index (χ0) is 18.0. The van der Waals surface area contributed by atoms with E-state index >= 15 is 0 Å². The predicted octanol–water partition coefficient (Wildman–Crippen LogP) is 2.63.